The van der Waals surface area contributed by atoms with E-state index in [1.807, 2.05) is 58.5 Å². The molecule has 0 atom stereocenters. The summed E-state index contributed by atoms with van der Waals surface area (Å²) < 4.78 is 7.67. The summed E-state index contributed by atoms with van der Waals surface area (Å²) in [6, 6.07) is 11.8. The molecule has 0 aliphatic carbocycles. The van der Waals surface area contributed by atoms with E-state index in [1.54, 1.807) is 11.3 Å². The third-order valence-corrected chi connectivity index (χ3v) is 5.43. The minimum atomic E-state index is 0.579. The van der Waals surface area contributed by atoms with Crippen LogP contribution in [0.5, 0.6) is 5.75 Å². The zero-order valence-corrected chi connectivity index (χ0v) is 14.6. The summed E-state index contributed by atoms with van der Waals surface area (Å²) in [4.78, 5) is 18.3. The SMILES string of the molecule is CCOc1ccccc1-c1csc2nc(-c3cccs3)c(C=O)n12. The summed E-state index contributed by atoms with van der Waals surface area (Å²) in [7, 11) is 0. The van der Waals surface area contributed by atoms with Crippen molar-refractivity contribution in [3.63, 3.8) is 0 Å². The predicted octanol–water partition coefficient (Wildman–Crippen LogP) is 5.00. The summed E-state index contributed by atoms with van der Waals surface area (Å²) in [6.07, 6.45) is 0.883. The topological polar surface area (TPSA) is 43.6 Å². The van der Waals surface area contributed by atoms with Crippen molar-refractivity contribution in [3.8, 4) is 27.6 Å². The Morgan fingerprint density at radius 3 is 2.83 bits per heavy atom. The van der Waals surface area contributed by atoms with Crippen LogP contribution in [0.15, 0.2) is 47.2 Å². The van der Waals surface area contributed by atoms with Gasteiger partial charge in [0.05, 0.1) is 17.2 Å². The molecule has 0 amide bonds. The second kappa shape index (κ2) is 6.22. The van der Waals surface area contributed by atoms with E-state index in [0.717, 1.165) is 38.8 Å². The fourth-order valence-electron chi connectivity index (χ4n) is 2.73. The number of carbonyl (C=O) groups is 1. The van der Waals surface area contributed by atoms with Crippen molar-refractivity contribution in [1.29, 1.82) is 0 Å². The van der Waals surface area contributed by atoms with Gasteiger partial charge in [-0.25, -0.2) is 4.98 Å². The highest BCUT2D eigenvalue weighted by atomic mass is 32.1. The van der Waals surface area contributed by atoms with Gasteiger partial charge in [0.15, 0.2) is 11.2 Å². The molecule has 4 rings (SSSR count). The van der Waals surface area contributed by atoms with Gasteiger partial charge in [-0.05, 0) is 30.5 Å². The molecule has 0 aliphatic rings. The number of fused-ring (bicyclic) bond motifs is 1. The van der Waals surface area contributed by atoms with Gasteiger partial charge < -0.3 is 4.74 Å². The third-order valence-electron chi connectivity index (χ3n) is 3.73. The molecule has 24 heavy (non-hydrogen) atoms. The van der Waals surface area contributed by atoms with E-state index in [2.05, 4.69) is 4.98 Å². The van der Waals surface area contributed by atoms with E-state index in [4.69, 9.17) is 4.74 Å². The molecule has 4 nitrogen and oxygen atoms in total. The molecule has 0 aliphatic heterocycles. The van der Waals surface area contributed by atoms with E-state index in [-0.39, 0.29) is 0 Å². The second-order valence-electron chi connectivity index (χ2n) is 5.11. The lowest BCUT2D eigenvalue weighted by molar-refractivity contribution is 0.111. The summed E-state index contributed by atoms with van der Waals surface area (Å²) in [5, 5.41) is 4.01. The van der Waals surface area contributed by atoms with Crippen molar-refractivity contribution in [2.75, 3.05) is 6.61 Å². The lowest BCUT2D eigenvalue weighted by atomic mass is 10.1. The van der Waals surface area contributed by atoms with Gasteiger partial charge in [0.1, 0.15) is 17.1 Å². The lowest BCUT2D eigenvalue weighted by Crippen LogP contribution is -1.97. The van der Waals surface area contributed by atoms with E-state index < -0.39 is 0 Å². The maximum atomic E-state index is 11.8. The highest BCUT2D eigenvalue weighted by molar-refractivity contribution is 7.15. The van der Waals surface area contributed by atoms with E-state index in [0.29, 0.717) is 12.3 Å². The van der Waals surface area contributed by atoms with Crippen LogP contribution in [-0.4, -0.2) is 22.3 Å². The number of thiazole rings is 1. The van der Waals surface area contributed by atoms with Crippen LogP contribution < -0.4 is 4.74 Å². The molecule has 0 bridgehead atoms. The van der Waals surface area contributed by atoms with Gasteiger partial charge >= 0.3 is 0 Å². The van der Waals surface area contributed by atoms with Gasteiger partial charge in [-0.15, -0.1) is 22.7 Å². The maximum Gasteiger partial charge on any atom is 0.195 e. The zero-order chi connectivity index (χ0) is 16.5. The molecule has 3 aromatic heterocycles. The molecule has 0 N–H and O–H groups in total. The first kappa shape index (κ1) is 15.1. The van der Waals surface area contributed by atoms with Crippen LogP contribution in [0, 0.1) is 0 Å². The standard InChI is InChI=1S/C18H14N2O2S2/c1-2-22-15-7-4-3-6-12(15)14-11-24-18-19-17(13(10-21)20(14)18)16-8-5-9-23-16/h3-11H,2H2,1H3. The number of hydrogen-bond donors (Lipinski definition) is 0. The van der Waals surface area contributed by atoms with Gasteiger partial charge in [0.2, 0.25) is 0 Å². The average Bonchev–Trinajstić information content (AvgIpc) is 3.31. The third kappa shape index (κ3) is 2.35. The van der Waals surface area contributed by atoms with Gasteiger partial charge in [-0.2, -0.15) is 0 Å². The Morgan fingerprint density at radius 1 is 1.21 bits per heavy atom. The molecule has 1 aromatic carbocycles. The van der Waals surface area contributed by atoms with E-state index in [1.165, 1.54) is 11.3 Å². The van der Waals surface area contributed by atoms with Crippen LogP contribution in [0.25, 0.3) is 26.8 Å². The minimum Gasteiger partial charge on any atom is -0.493 e. The molecule has 0 saturated heterocycles. The van der Waals surface area contributed by atoms with E-state index in [9.17, 15) is 4.79 Å². The lowest BCUT2D eigenvalue weighted by Gasteiger charge is -2.09. The first-order chi connectivity index (χ1) is 11.8. The highest BCUT2D eigenvalue weighted by Crippen LogP contribution is 2.37. The molecule has 3 heterocycles. The van der Waals surface area contributed by atoms with Crippen LogP contribution in [0.1, 0.15) is 17.4 Å². The normalized spacial score (nSPS) is 11.0. The van der Waals surface area contributed by atoms with Crippen molar-refractivity contribution in [1.82, 2.24) is 9.38 Å². The Labute approximate surface area is 147 Å². The molecular weight excluding hydrogens is 340 g/mol. The van der Waals surface area contributed by atoms with E-state index >= 15 is 0 Å². The first-order valence-corrected chi connectivity index (χ1v) is 9.30. The average molecular weight is 354 g/mol. The maximum absolute atomic E-state index is 11.8. The summed E-state index contributed by atoms with van der Waals surface area (Å²) in [5.74, 6) is 0.808. The number of ether oxygens (including phenoxy) is 1. The van der Waals surface area contributed by atoms with Crippen molar-refractivity contribution < 1.29 is 9.53 Å². The number of imidazole rings is 1. The first-order valence-electron chi connectivity index (χ1n) is 7.54. The molecule has 0 fully saturated rings. The smallest absolute Gasteiger partial charge is 0.195 e. The summed E-state index contributed by atoms with van der Waals surface area (Å²) in [5.41, 5.74) is 3.21. The van der Waals surface area contributed by atoms with Crippen molar-refractivity contribution >= 4 is 33.9 Å². The minimum absolute atomic E-state index is 0.579. The number of aldehydes is 1. The Balaban J connectivity index is 1.97. The molecule has 120 valence electrons. The van der Waals surface area contributed by atoms with Crippen molar-refractivity contribution in [2.24, 2.45) is 0 Å². The van der Waals surface area contributed by atoms with Crippen molar-refractivity contribution in [2.45, 2.75) is 6.92 Å². The number of benzene rings is 1. The monoisotopic (exact) mass is 354 g/mol. The number of aromatic nitrogens is 2. The number of para-hydroxylation sites is 1. The number of nitrogens with zero attached hydrogens (tertiary/aromatic N) is 2. The van der Waals surface area contributed by atoms with Crippen LogP contribution in [-0.2, 0) is 0 Å². The molecule has 0 radical (unpaired) electrons. The van der Waals surface area contributed by atoms with Gasteiger partial charge in [-0.3, -0.25) is 9.20 Å². The van der Waals surface area contributed by atoms with Crippen LogP contribution >= 0.6 is 22.7 Å². The molecule has 0 saturated carbocycles. The second-order valence-corrected chi connectivity index (χ2v) is 6.89. The summed E-state index contributed by atoms with van der Waals surface area (Å²) >= 11 is 3.11. The Morgan fingerprint density at radius 2 is 2.08 bits per heavy atom. The van der Waals surface area contributed by atoms with Crippen molar-refractivity contribution in [3.05, 3.63) is 52.9 Å². The molecular formula is C18H14N2O2S2. The summed E-state index contributed by atoms with van der Waals surface area (Å²) in [6.45, 7) is 2.55. The quantitative estimate of drug-likeness (QED) is 0.474. The number of hydrogen-bond acceptors (Lipinski definition) is 5. The molecule has 6 heteroatoms. The van der Waals surface area contributed by atoms with Gasteiger partial charge in [0.25, 0.3) is 0 Å². The molecule has 0 unspecified atom stereocenters. The Bertz CT molecular complexity index is 1000. The largest absolute Gasteiger partial charge is 0.493 e. The van der Waals surface area contributed by atoms with Gasteiger partial charge in [0, 0.05) is 10.9 Å². The zero-order valence-electron chi connectivity index (χ0n) is 12.9. The van der Waals surface area contributed by atoms with Gasteiger partial charge in [-0.1, -0.05) is 18.2 Å². The number of carbonyl (C=O) groups excluding carboxylic acids is 1. The Hall–Kier alpha value is -2.44. The molecule has 0 spiro atoms. The van der Waals surface area contributed by atoms with Crippen LogP contribution in [0.4, 0.5) is 0 Å². The fraction of sp³-hybridized carbons (Fsp3) is 0.111. The number of rotatable bonds is 5. The fourth-order valence-corrected chi connectivity index (χ4v) is 4.35. The van der Waals surface area contributed by atoms with Crippen LogP contribution in [0.2, 0.25) is 0 Å². The predicted molar refractivity (Wildman–Crippen MR) is 98.4 cm³/mol. The molecule has 4 aromatic rings. The van der Waals surface area contributed by atoms with Crippen LogP contribution in [0.3, 0.4) is 0 Å². The highest BCUT2D eigenvalue weighted by Gasteiger charge is 2.20. The number of thiophene rings is 1. The Kier molecular flexibility index (Phi) is 3.92.